The fourth-order valence-electron chi connectivity index (χ4n) is 2.13. The van der Waals surface area contributed by atoms with Crippen LogP contribution in [-0.4, -0.2) is 30.5 Å². The molecule has 3 rings (SSSR count). The van der Waals surface area contributed by atoms with Gasteiger partial charge in [-0.25, -0.2) is 22.2 Å². The van der Waals surface area contributed by atoms with Crippen LogP contribution >= 0.6 is 0 Å². The third-order valence-corrected chi connectivity index (χ3v) is 4.91. The first-order valence-electron chi connectivity index (χ1n) is 6.41. The van der Waals surface area contributed by atoms with Gasteiger partial charge in [0.1, 0.15) is 5.69 Å². The number of methoxy groups -OCH3 is 1. The van der Waals surface area contributed by atoms with Crippen LogP contribution in [0.1, 0.15) is 10.5 Å². The summed E-state index contributed by atoms with van der Waals surface area (Å²) in [6, 6.07) is 12.6. The smallest absolute Gasteiger partial charge is 0.356 e. The van der Waals surface area contributed by atoms with Crippen molar-refractivity contribution in [3.05, 3.63) is 60.4 Å². The number of esters is 1. The molecule has 7 heteroatoms. The van der Waals surface area contributed by atoms with Crippen molar-refractivity contribution < 1.29 is 17.9 Å². The molecule has 3 aromatic rings. The minimum absolute atomic E-state index is 0.129. The topological polar surface area (TPSA) is 78.3 Å². The number of nitrogens with zero attached hydrogens (tertiary/aromatic N) is 2. The number of hydrogen-bond donors (Lipinski definition) is 0. The monoisotopic (exact) mass is 316 g/mol. The Morgan fingerprint density at radius 1 is 1.09 bits per heavy atom. The maximum atomic E-state index is 12.6. The SMILES string of the molecule is COC(=O)c1ccc2c(ccn2S(=O)(=O)c2ccccc2)n1. The van der Waals surface area contributed by atoms with Crippen molar-refractivity contribution in [2.24, 2.45) is 0 Å². The van der Waals surface area contributed by atoms with E-state index in [2.05, 4.69) is 9.72 Å². The van der Waals surface area contributed by atoms with Gasteiger partial charge in [-0.3, -0.25) is 0 Å². The van der Waals surface area contributed by atoms with Crippen LogP contribution < -0.4 is 0 Å². The summed E-state index contributed by atoms with van der Waals surface area (Å²) in [5, 5.41) is 0. The van der Waals surface area contributed by atoms with E-state index in [0.29, 0.717) is 11.0 Å². The molecule has 22 heavy (non-hydrogen) atoms. The third-order valence-electron chi connectivity index (χ3n) is 3.20. The Hall–Kier alpha value is -2.67. The zero-order valence-corrected chi connectivity index (χ0v) is 12.4. The maximum Gasteiger partial charge on any atom is 0.356 e. The molecule has 0 bridgehead atoms. The lowest BCUT2D eigenvalue weighted by Crippen LogP contribution is -2.12. The van der Waals surface area contributed by atoms with Gasteiger partial charge < -0.3 is 4.74 Å². The third kappa shape index (κ3) is 2.25. The molecule has 1 aromatic carbocycles. The van der Waals surface area contributed by atoms with Gasteiger partial charge in [0.2, 0.25) is 0 Å². The number of benzene rings is 1. The highest BCUT2D eigenvalue weighted by Gasteiger charge is 2.19. The van der Waals surface area contributed by atoms with Crippen molar-refractivity contribution in [1.82, 2.24) is 8.96 Å². The summed E-state index contributed by atoms with van der Waals surface area (Å²) in [6.07, 6.45) is 1.42. The van der Waals surface area contributed by atoms with E-state index < -0.39 is 16.0 Å². The molecule has 0 atom stereocenters. The van der Waals surface area contributed by atoms with E-state index in [-0.39, 0.29) is 10.6 Å². The van der Waals surface area contributed by atoms with Gasteiger partial charge in [-0.05, 0) is 30.3 Å². The molecule has 0 spiro atoms. The van der Waals surface area contributed by atoms with Crippen LogP contribution in [0.15, 0.2) is 59.6 Å². The van der Waals surface area contributed by atoms with Gasteiger partial charge in [0, 0.05) is 6.20 Å². The largest absolute Gasteiger partial charge is 0.464 e. The van der Waals surface area contributed by atoms with E-state index >= 15 is 0 Å². The Bertz CT molecular complexity index is 946. The van der Waals surface area contributed by atoms with Crippen LogP contribution in [0.2, 0.25) is 0 Å². The number of carbonyl (C=O) groups excluding carboxylic acids is 1. The van der Waals surface area contributed by atoms with E-state index in [1.165, 1.54) is 37.6 Å². The highest BCUT2D eigenvalue weighted by Crippen LogP contribution is 2.21. The molecule has 0 aliphatic carbocycles. The summed E-state index contributed by atoms with van der Waals surface area (Å²) in [6.45, 7) is 0. The number of hydrogen-bond acceptors (Lipinski definition) is 5. The highest BCUT2D eigenvalue weighted by molar-refractivity contribution is 7.90. The first-order valence-corrected chi connectivity index (χ1v) is 7.85. The fraction of sp³-hybridized carbons (Fsp3) is 0.0667. The summed E-state index contributed by atoms with van der Waals surface area (Å²) in [5.74, 6) is -0.569. The van der Waals surface area contributed by atoms with Gasteiger partial charge in [0.15, 0.2) is 0 Å². The van der Waals surface area contributed by atoms with Crippen molar-refractivity contribution in [3.63, 3.8) is 0 Å². The second-order valence-electron chi connectivity index (χ2n) is 4.52. The summed E-state index contributed by atoms with van der Waals surface area (Å²) in [7, 11) is -2.44. The first kappa shape index (κ1) is 14.3. The highest BCUT2D eigenvalue weighted by atomic mass is 32.2. The van der Waals surface area contributed by atoms with E-state index in [1.807, 2.05) is 0 Å². The molecule has 112 valence electrons. The van der Waals surface area contributed by atoms with Crippen LogP contribution in [0.25, 0.3) is 11.0 Å². The molecule has 0 saturated carbocycles. The average molecular weight is 316 g/mol. The van der Waals surface area contributed by atoms with Crippen molar-refractivity contribution >= 4 is 27.0 Å². The zero-order chi connectivity index (χ0) is 15.7. The Labute approximate surface area is 127 Å². The van der Waals surface area contributed by atoms with Gasteiger partial charge in [-0.2, -0.15) is 0 Å². The number of fused-ring (bicyclic) bond motifs is 1. The molecular weight excluding hydrogens is 304 g/mol. The molecule has 6 nitrogen and oxygen atoms in total. The number of aromatic nitrogens is 2. The van der Waals surface area contributed by atoms with E-state index in [4.69, 9.17) is 0 Å². The maximum absolute atomic E-state index is 12.6. The summed E-state index contributed by atoms with van der Waals surface area (Å²) in [4.78, 5) is 15.8. The van der Waals surface area contributed by atoms with Crippen LogP contribution in [-0.2, 0) is 14.8 Å². The Balaban J connectivity index is 2.15. The first-order chi connectivity index (χ1) is 10.5. The Morgan fingerprint density at radius 3 is 2.50 bits per heavy atom. The number of rotatable bonds is 3. The summed E-state index contributed by atoms with van der Waals surface area (Å²) in [5.41, 5.74) is 0.934. The Morgan fingerprint density at radius 2 is 1.82 bits per heavy atom. The van der Waals surface area contributed by atoms with E-state index in [1.54, 1.807) is 24.3 Å². The minimum atomic E-state index is -3.70. The van der Waals surface area contributed by atoms with Crippen LogP contribution in [0.5, 0.6) is 0 Å². The molecule has 2 heterocycles. The van der Waals surface area contributed by atoms with Crippen molar-refractivity contribution in [2.45, 2.75) is 4.90 Å². The molecule has 0 saturated heterocycles. The minimum Gasteiger partial charge on any atom is -0.464 e. The molecule has 0 aliphatic rings. The quantitative estimate of drug-likeness (QED) is 0.691. The second kappa shape index (κ2) is 5.27. The molecular formula is C15H12N2O4S. The van der Waals surface area contributed by atoms with E-state index in [9.17, 15) is 13.2 Å². The van der Waals surface area contributed by atoms with Crippen molar-refractivity contribution in [1.29, 1.82) is 0 Å². The normalized spacial score (nSPS) is 11.5. The van der Waals surface area contributed by atoms with Crippen LogP contribution in [0.3, 0.4) is 0 Å². The van der Waals surface area contributed by atoms with Gasteiger partial charge in [-0.15, -0.1) is 0 Å². The molecule has 0 aliphatic heterocycles. The molecule has 0 N–H and O–H groups in total. The summed E-state index contributed by atoms with van der Waals surface area (Å²) >= 11 is 0. The second-order valence-corrected chi connectivity index (χ2v) is 6.34. The Kier molecular flexibility index (Phi) is 3.42. The zero-order valence-electron chi connectivity index (χ0n) is 11.6. The number of ether oxygens (including phenoxy) is 1. The van der Waals surface area contributed by atoms with Crippen LogP contribution in [0.4, 0.5) is 0 Å². The molecule has 0 unspecified atom stereocenters. The van der Waals surface area contributed by atoms with Crippen LogP contribution in [0, 0.1) is 0 Å². The molecule has 0 fully saturated rings. The van der Waals surface area contributed by atoms with Gasteiger partial charge in [0.25, 0.3) is 10.0 Å². The number of carbonyl (C=O) groups is 1. The molecule has 0 radical (unpaired) electrons. The lowest BCUT2D eigenvalue weighted by atomic mass is 10.3. The van der Waals surface area contributed by atoms with Crippen molar-refractivity contribution in [2.75, 3.05) is 7.11 Å². The predicted molar refractivity (Wildman–Crippen MR) is 80.1 cm³/mol. The van der Waals surface area contributed by atoms with Gasteiger partial charge in [0.05, 0.1) is 23.0 Å². The standard InChI is InChI=1S/C15H12N2O4S/c1-21-15(18)13-7-8-14-12(16-13)9-10-17(14)22(19,20)11-5-3-2-4-6-11/h2-10H,1H3. The predicted octanol–water partition coefficient (Wildman–Crippen LogP) is 2.06. The molecule has 0 amide bonds. The lowest BCUT2D eigenvalue weighted by molar-refractivity contribution is 0.0594. The number of pyridine rings is 1. The summed E-state index contributed by atoms with van der Waals surface area (Å²) < 4.78 is 31.0. The lowest BCUT2D eigenvalue weighted by Gasteiger charge is -2.07. The fourth-order valence-corrected chi connectivity index (χ4v) is 3.49. The van der Waals surface area contributed by atoms with Gasteiger partial charge in [-0.1, -0.05) is 18.2 Å². The van der Waals surface area contributed by atoms with Crippen molar-refractivity contribution in [3.8, 4) is 0 Å². The molecule has 2 aromatic heterocycles. The van der Waals surface area contributed by atoms with Gasteiger partial charge >= 0.3 is 5.97 Å². The van der Waals surface area contributed by atoms with E-state index in [0.717, 1.165) is 3.97 Å². The average Bonchev–Trinajstić information content (AvgIpc) is 2.98.